The highest BCUT2D eigenvalue weighted by Crippen LogP contribution is 2.46. The van der Waals surface area contributed by atoms with Crippen LogP contribution >= 0.6 is 0 Å². The molecule has 3 heteroatoms. The summed E-state index contributed by atoms with van der Waals surface area (Å²) >= 11 is 0. The third kappa shape index (κ3) is 2.63. The van der Waals surface area contributed by atoms with Gasteiger partial charge in [-0.1, -0.05) is 50.3 Å². The lowest BCUT2D eigenvalue weighted by molar-refractivity contribution is -0.125. The van der Waals surface area contributed by atoms with Crippen molar-refractivity contribution in [2.24, 2.45) is 11.1 Å². The van der Waals surface area contributed by atoms with Crippen LogP contribution in [0.1, 0.15) is 26.7 Å². The van der Waals surface area contributed by atoms with Crippen LogP contribution < -0.4 is 5.73 Å². The van der Waals surface area contributed by atoms with E-state index in [4.69, 9.17) is 5.73 Å². The third-order valence-corrected chi connectivity index (χ3v) is 4.48. The summed E-state index contributed by atoms with van der Waals surface area (Å²) in [6, 6.07) is 0. The van der Waals surface area contributed by atoms with Crippen molar-refractivity contribution in [1.82, 2.24) is 4.90 Å². The summed E-state index contributed by atoms with van der Waals surface area (Å²) in [7, 11) is 0. The number of carbonyl (C=O) groups is 1. The first-order valence-electron chi connectivity index (χ1n) is 7.42. The van der Waals surface area contributed by atoms with Gasteiger partial charge in [-0.3, -0.25) is 4.79 Å². The van der Waals surface area contributed by atoms with Gasteiger partial charge in [-0.25, -0.2) is 0 Å². The molecule has 2 aliphatic carbocycles. The summed E-state index contributed by atoms with van der Waals surface area (Å²) in [4.78, 5) is 14.5. The summed E-state index contributed by atoms with van der Waals surface area (Å²) in [6.45, 7) is 7.21. The average molecular weight is 272 g/mol. The van der Waals surface area contributed by atoms with Crippen molar-refractivity contribution in [3.8, 4) is 0 Å². The maximum absolute atomic E-state index is 12.2. The van der Waals surface area contributed by atoms with E-state index in [-0.39, 0.29) is 5.91 Å². The molecule has 2 aliphatic rings. The molecule has 0 saturated heterocycles. The molecular formula is C17H24N2O. The number of rotatable bonds is 6. The van der Waals surface area contributed by atoms with E-state index < -0.39 is 5.41 Å². The van der Waals surface area contributed by atoms with Gasteiger partial charge in [-0.05, 0) is 43.6 Å². The number of allylic oxidation sites excluding steroid dienone is 7. The predicted octanol–water partition coefficient (Wildman–Crippen LogP) is 2.57. The summed E-state index contributed by atoms with van der Waals surface area (Å²) < 4.78 is 0. The predicted molar refractivity (Wildman–Crippen MR) is 83.1 cm³/mol. The lowest BCUT2D eigenvalue weighted by atomic mass is 9.76. The highest BCUT2D eigenvalue weighted by Gasteiger charge is 2.43. The number of carbonyl (C=O) groups excluding carboxylic acids is 1. The Morgan fingerprint density at radius 2 is 2.05 bits per heavy atom. The van der Waals surface area contributed by atoms with Crippen LogP contribution in [-0.2, 0) is 4.79 Å². The fraction of sp³-hybridized carbons (Fsp3) is 0.471. The van der Waals surface area contributed by atoms with E-state index in [0.717, 1.165) is 43.6 Å². The van der Waals surface area contributed by atoms with Crippen molar-refractivity contribution in [2.75, 3.05) is 19.6 Å². The maximum Gasteiger partial charge on any atom is 0.228 e. The van der Waals surface area contributed by atoms with Crippen LogP contribution in [0.3, 0.4) is 0 Å². The molecule has 0 radical (unpaired) electrons. The molecule has 0 aromatic carbocycles. The van der Waals surface area contributed by atoms with Gasteiger partial charge < -0.3 is 10.6 Å². The van der Waals surface area contributed by atoms with Gasteiger partial charge in [0.2, 0.25) is 5.91 Å². The second-order valence-corrected chi connectivity index (χ2v) is 5.41. The van der Waals surface area contributed by atoms with Gasteiger partial charge in [-0.15, -0.1) is 0 Å². The minimum absolute atomic E-state index is 0.203. The molecule has 3 nitrogen and oxygen atoms in total. The number of primary amides is 1. The van der Waals surface area contributed by atoms with Crippen LogP contribution in [0.2, 0.25) is 0 Å². The number of hydrogen-bond acceptors (Lipinski definition) is 2. The number of nitrogens with two attached hydrogens (primary N) is 1. The normalized spacial score (nSPS) is 24.4. The van der Waals surface area contributed by atoms with Crippen LogP contribution in [0.15, 0.2) is 47.6 Å². The standard InChI is InChI=1S/C17H24N2O/c1-3-19(4-2)13-12-17(16(18)20)11-10-14-8-6-5-7-9-15(14)17/h5-10H,3-4,11-13H2,1-2H3,(H2,18,20). The van der Waals surface area contributed by atoms with Crippen molar-refractivity contribution in [3.05, 3.63) is 47.6 Å². The Bertz CT molecular complexity index is 495. The summed E-state index contributed by atoms with van der Waals surface area (Å²) in [5.41, 5.74) is 7.48. The number of nitrogens with zero attached hydrogens (tertiary/aromatic N) is 1. The van der Waals surface area contributed by atoms with Gasteiger partial charge in [-0.2, -0.15) is 0 Å². The van der Waals surface area contributed by atoms with Crippen LogP contribution in [0.4, 0.5) is 0 Å². The lowest BCUT2D eigenvalue weighted by Gasteiger charge is -2.31. The monoisotopic (exact) mass is 272 g/mol. The Morgan fingerprint density at radius 1 is 1.30 bits per heavy atom. The van der Waals surface area contributed by atoms with E-state index in [1.165, 1.54) is 0 Å². The number of fused-ring (bicyclic) bond motifs is 1. The second-order valence-electron chi connectivity index (χ2n) is 5.41. The molecular weight excluding hydrogens is 248 g/mol. The summed E-state index contributed by atoms with van der Waals surface area (Å²) in [5.74, 6) is -0.203. The Labute approximate surface area is 121 Å². The first kappa shape index (κ1) is 14.8. The van der Waals surface area contributed by atoms with Crippen LogP contribution in [0, 0.1) is 5.41 Å². The maximum atomic E-state index is 12.2. The van der Waals surface area contributed by atoms with Crippen molar-refractivity contribution in [2.45, 2.75) is 26.7 Å². The van der Waals surface area contributed by atoms with Crippen molar-refractivity contribution >= 4 is 5.91 Å². The van der Waals surface area contributed by atoms with Gasteiger partial charge in [0.25, 0.3) is 0 Å². The molecule has 1 amide bonds. The first-order valence-corrected chi connectivity index (χ1v) is 7.42. The van der Waals surface area contributed by atoms with Crippen molar-refractivity contribution < 1.29 is 4.79 Å². The minimum Gasteiger partial charge on any atom is -0.369 e. The molecule has 108 valence electrons. The molecule has 0 fully saturated rings. The van der Waals surface area contributed by atoms with E-state index in [9.17, 15) is 4.79 Å². The molecule has 2 N–H and O–H groups in total. The molecule has 1 unspecified atom stereocenters. The zero-order valence-electron chi connectivity index (χ0n) is 12.4. The number of hydrogen-bond donors (Lipinski definition) is 1. The molecule has 0 aromatic rings. The summed E-state index contributed by atoms with van der Waals surface area (Å²) in [5, 5.41) is 0. The van der Waals surface area contributed by atoms with Gasteiger partial charge in [0.05, 0.1) is 5.41 Å². The molecule has 0 aliphatic heterocycles. The fourth-order valence-electron chi connectivity index (χ4n) is 3.05. The van der Waals surface area contributed by atoms with Crippen molar-refractivity contribution in [3.63, 3.8) is 0 Å². The second kappa shape index (κ2) is 6.23. The molecule has 0 spiro atoms. The zero-order valence-corrected chi connectivity index (χ0v) is 12.4. The van der Waals surface area contributed by atoms with Gasteiger partial charge in [0.1, 0.15) is 0 Å². The van der Waals surface area contributed by atoms with E-state index >= 15 is 0 Å². The lowest BCUT2D eigenvalue weighted by Crippen LogP contribution is -2.40. The molecule has 20 heavy (non-hydrogen) atoms. The Balaban J connectivity index is 2.24. The minimum atomic E-state index is -0.531. The molecule has 2 rings (SSSR count). The van der Waals surface area contributed by atoms with Gasteiger partial charge in [0.15, 0.2) is 0 Å². The summed E-state index contributed by atoms with van der Waals surface area (Å²) in [6.07, 6.45) is 13.8. The van der Waals surface area contributed by atoms with Gasteiger partial charge in [0, 0.05) is 0 Å². The topological polar surface area (TPSA) is 46.3 Å². The quantitative estimate of drug-likeness (QED) is 0.808. The van der Waals surface area contributed by atoms with Gasteiger partial charge >= 0.3 is 0 Å². The highest BCUT2D eigenvalue weighted by atomic mass is 16.1. The van der Waals surface area contributed by atoms with E-state index in [0.29, 0.717) is 0 Å². The zero-order chi connectivity index (χ0) is 14.6. The Morgan fingerprint density at radius 3 is 2.70 bits per heavy atom. The molecule has 0 bridgehead atoms. The highest BCUT2D eigenvalue weighted by molar-refractivity contribution is 5.88. The van der Waals surface area contributed by atoms with Crippen LogP contribution in [0.25, 0.3) is 0 Å². The number of amides is 1. The fourth-order valence-corrected chi connectivity index (χ4v) is 3.05. The molecule has 0 aromatic heterocycles. The SMILES string of the molecule is CCN(CC)CCC1(C(N)=O)CC=C2C=CC=CC=C21. The third-order valence-electron chi connectivity index (χ3n) is 4.48. The van der Waals surface area contributed by atoms with Crippen LogP contribution in [0.5, 0.6) is 0 Å². The molecule has 0 saturated carbocycles. The van der Waals surface area contributed by atoms with E-state index in [1.807, 2.05) is 24.3 Å². The van der Waals surface area contributed by atoms with Crippen molar-refractivity contribution in [1.29, 1.82) is 0 Å². The molecule has 0 heterocycles. The Kier molecular flexibility index (Phi) is 4.61. The van der Waals surface area contributed by atoms with E-state index in [1.54, 1.807) is 0 Å². The van der Waals surface area contributed by atoms with E-state index in [2.05, 4.69) is 30.9 Å². The largest absolute Gasteiger partial charge is 0.369 e. The Hall–Kier alpha value is -1.61. The average Bonchev–Trinajstić information content (AvgIpc) is 2.64. The first-order chi connectivity index (χ1) is 9.64. The van der Waals surface area contributed by atoms with Crippen LogP contribution in [-0.4, -0.2) is 30.4 Å². The smallest absolute Gasteiger partial charge is 0.228 e. The molecule has 1 atom stereocenters.